The Morgan fingerprint density at radius 2 is 1.56 bits per heavy atom. The minimum absolute atomic E-state index is 0.208. The van der Waals surface area contributed by atoms with Gasteiger partial charge in [-0.15, -0.1) is 0 Å². The summed E-state index contributed by atoms with van der Waals surface area (Å²) < 4.78 is 0.593. The molecule has 2 rings (SSSR count). The van der Waals surface area contributed by atoms with Gasteiger partial charge in [-0.2, -0.15) is 0 Å². The molecule has 0 amide bonds. The standard InChI is InChI=1S/C14H8BrClO2/c15-11-8-4-7-10(12(11)16)14(18)13(17)9-5-2-1-3-6-9/h1-8H. The van der Waals surface area contributed by atoms with Crippen molar-refractivity contribution in [3.05, 3.63) is 69.2 Å². The van der Waals surface area contributed by atoms with Gasteiger partial charge in [0.1, 0.15) is 0 Å². The summed E-state index contributed by atoms with van der Waals surface area (Å²) in [6.07, 6.45) is 0. The van der Waals surface area contributed by atoms with Crippen LogP contribution in [0.2, 0.25) is 5.02 Å². The molecule has 0 saturated carbocycles. The van der Waals surface area contributed by atoms with Crippen molar-refractivity contribution >= 4 is 39.1 Å². The van der Waals surface area contributed by atoms with Gasteiger partial charge in [-0.1, -0.05) is 48.0 Å². The van der Waals surface area contributed by atoms with Crippen LogP contribution in [0.15, 0.2) is 53.0 Å². The van der Waals surface area contributed by atoms with E-state index >= 15 is 0 Å². The van der Waals surface area contributed by atoms with Gasteiger partial charge in [0.25, 0.3) is 0 Å². The topological polar surface area (TPSA) is 34.1 Å². The first kappa shape index (κ1) is 13.0. The maximum absolute atomic E-state index is 12.1. The number of carbonyl (C=O) groups excluding carboxylic acids is 2. The molecular weight excluding hydrogens is 316 g/mol. The summed E-state index contributed by atoms with van der Waals surface area (Å²) in [5, 5.41) is 0.256. The number of hydrogen-bond donors (Lipinski definition) is 0. The lowest BCUT2D eigenvalue weighted by atomic mass is 10.0. The van der Waals surface area contributed by atoms with E-state index in [1.54, 1.807) is 42.5 Å². The van der Waals surface area contributed by atoms with Gasteiger partial charge in [-0.05, 0) is 28.1 Å². The first-order valence-electron chi connectivity index (χ1n) is 5.19. The molecule has 0 unspecified atom stereocenters. The fourth-order valence-electron chi connectivity index (χ4n) is 1.52. The zero-order valence-electron chi connectivity index (χ0n) is 9.19. The Morgan fingerprint density at radius 1 is 0.889 bits per heavy atom. The van der Waals surface area contributed by atoms with E-state index in [2.05, 4.69) is 15.9 Å². The molecule has 0 fully saturated rings. The molecule has 90 valence electrons. The molecule has 0 bridgehead atoms. The van der Waals surface area contributed by atoms with Gasteiger partial charge in [0, 0.05) is 15.6 Å². The average molecular weight is 324 g/mol. The van der Waals surface area contributed by atoms with Crippen LogP contribution in [0.1, 0.15) is 20.7 Å². The number of hydrogen-bond acceptors (Lipinski definition) is 2. The number of rotatable bonds is 3. The zero-order chi connectivity index (χ0) is 13.1. The van der Waals surface area contributed by atoms with Crippen molar-refractivity contribution < 1.29 is 9.59 Å². The first-order valence-corrected chi connectivity index (χ1v) is 6.36. The van der Waals surface area contributed by atoms with E-state index in [0.29, 0.717) is 10.0 Å². The molecule has 0 atom stereocenters. The number of benzene rings is 2. The molecule has 0 aliphatic carbocycles. The van der Waals surface area contributed by atoms with Crippen LogP contribution in [-0.2, 0) is 0 Å². The second-order valence-corrected chi connectivity index (χ2v) is 4.86. The van der Waals surface area contributed by atoms with Gasteiger partial charge in [-0.25, -0.2) is 0 Å². The van der Waals surface area contributed by atoms with Crippen molar-refractivity contribution in [1.29, 1.82) is 0 Å². The van der Waals surface area contributed by atoms with Crippen molar-refractivity contribution in [3.63, 3.8) is 0 Å². The Kier molecular flexibility index (Phi) is 3.94. The highest BCUT2D eigenvalue weighted by molar-refractivity contribution is 9.10. The maximum atomic E-state index is 12.1. The van der Waals surface area contributed by atoms with Crippen molar-refractivity contribution in [1.82, 2.24) is 0 Å². The molecule has 2 aromatic rings. The van der Waals surface area contributed by atoms with Crippen LogP contribution in [0.5, 0.6) is 0 Å². The van der Waals surface area contributed by atoms with Crippen molar-refractivity contribution in [2.75, 3.05) is 0 Å². The Labute approximate surface area is 118 Å². The third kappa shape index (κ3) is 2.52. The third-order valence-corrected chi connectivity index (χ3v) is 3.73. The van der Waals surface area contributed by atoms with Crippen LogP contribution in [0.3, 0.4) is 0 Å². The van der Waals surface area contributed by atoms with E-state index in [9.17, 15) is 9.59 Å². The second kappa shape index (κ2) is 5.46. The highest BCUT2D eigenvalue weighted by Gasteiger charge is 2.21. The largest absolute Gasteiger partial charge is 0.285 e. The highest BCUT2D eigenvalue weighted by atomic mass is 79.9. The Bertz CT molecular complexity index is 608. The molecule has 0 heterocycles. The van der Waals surface area contributed by atoms with Gasteiger partial charge in [0.15, 0.2) is 0 Å². The fraction of sp³-hybridized carbons (Fsp3) is 0. The predicted octanol–water partition coefficient (Wildman–Crippen LogP) is 4.17. The minimum atomic E-state index is -0.604. The molecule has 0 aliphatic heterocycles. The lowest BCUT2D eigenvalue weighted by Gasteiger charge is -2.04. The molecule has 2 aromatic carbocycles. The number of carbonyl (C=O) groups is 2. The number of halogens is 2. The van der Waals surface area contributed by atoms with Crippen LogP contribution in [-0.4, -0.2) is 11.6 Å². The Morgan fingerprint density at radius 3 is 2.22 bits per heavy atom. The van der Waals surface area contributed by atoms with Gasteiger partial charge in [-0.3, -0.25) is 9.59 Å². The fourth-order valence-corrected chi connectivity index (χ4v) is 2.10. The van der Waals surface area contributed by atoms with Crippen molar-refractivity contribution in [3.8, 4) is 0 Å². The second-order valence-electron chi connectivity index (χ2n) is 3.63. The van der Waals surface area contributed by atoms with E-state index in [0.717, 1.165) is 0 Å². The molecule has 0 aliphatic rings. The summed E-state index contributed by atoms with van der Waals surface area (Å²) >= 11 is 9.22. The van der Waals surface area contributed by atoms with Crippen LogP contribution >= 0.6 is 27.5 Å². The van der Waals surface area contributed by atoms with Crippen LogP contribution < -0.4 is 0 Å². The Balaban J connectivity index is 2.38. The van der Waals surface area contributed by atoms with Crippen molar-refractivity contribution in [2.24, 2.45) is 0 Å². The smallest absolute Gasteiger partial charge is 0.235 e. The monoisotopic (exact) mass is 322 g/mol. The molecular formula is C14H8BrClO2. The summed E-state index contributed by atoms with van der Waals surface area (Å²) in [6, 6.07) is 13.3. The van der Waals surface area contributed by atoms with Crippen molar-refractivity contribution in [2.45, 2.75) is 0 Å². The minimum Gasteiger partial charge on any atom is -0.285 e. The van der Waals surface area contributed by atoms with E-state index in [4.69, 9.17) is 11.6 Å². The number of ketones is 2. The first-order chi connectivity index (χ1) is 8.61. The lowest BCUT2D eigenvalue weighted by Crippen LogP contribution is -2.14. The summed E-state index contributed by atoms with van der Waals surface area (Å²) in [6.45, 7) is 0. The van der Waals surface area contributed by atoms with E-state index in [-0.39, 0.29) is 10.6 Å². The quantitative estimate of drug-likeness (QED) is 0.627. The van der Waals surface area contributed by atoms with Gasteiger partial charge in [0.2, 0.25) is 11.6 Å². The molecule has 18 heavy (non-hydrogen) atoms. The summed E-state index contributed by atoms with van der Waals surface area (Å²) in [7, 11) is 0. The number of Topliss-reactive ketones (excluding diaryl/α,β-unsaturated/α-hetero) is 2. The van der Waals surface area contributed by atoms with Gasteiger partial charge in [0.05, 0.1) is 5.02 Å². The molecule has 4 heteroatoms. The van der Waals surface area contributed by atoms with Gasteiger partial charge >= 0.3 is 0 Å². The van der Waals surface area contributed by atoms with Crippen LogP contribution in [0, 0.1) is 0 Å². The normalized spacial score (nSPS) is 10.1. The zero-order valence-corrected chi connectivity index (χ0v) is 11.5. The van der Waals surface area contributed by atoms with E-state index in [1.807, 2.05) is 0 Å². The molecule has 0 aromatic heterocycles. The molecule has 0 spiro atoms. The lowest BCUT2D eigenvalue weighted by molar-refractivity contribution is 0.0817. The molecule has 0 N–H and O–H groups in total. The van der Waals surface area contributed by atoms with Crippen LogP contribution in [0.25, 0.3) is 0 Å². The summed E-state index contributed by atoms with van der Waals surface area (Å²) in [4.78, 5) is 24.0. The van der Waals surface area contributed by atoms with Gasteiger partial charge < -0.3 is 0 Å². The molecule has 2 nitrogen and oxygen atoms in total. The van der Waals surface area contributed by atoms with E-state index < -0.39 is 11.6 Å². The van der Waals surface area contributed by atoms with E-state index in [1.165, 1.54) is 6.07 Å². The predicted molar refractivity (Wildman–Crippen MR) is 74.3 cm³/mol. The average Bonchev–Trinajstić information content (AvgIpc) is 2.41. The molecule has 0 radical (unpaired) electrons. The summed E-state index contributed by atoms with van der Waals surface area (Å²) in [5.74, 6) is -1.16. The maximum Gasteiger partial charge on any atom is 0.235 e. The summed E-state index contributed by atoms with van der Waals surface area (Å²) in [5.41, 5.74) is 0.568. The highest BCUT2D eigenvalue weighted by Crippen LogP contribution is 2.26. The third-order valence-electron chi connectivity index (χ3n) is 2.44. The SMILES string of the molecule is O=C(C(=O)c1cccc(Br)c1Cl)c1ccccc1. The Hall–Kier alpha value is -1.45. The van der Waals surface area contributed by atoms with Crippen LogP contribution in [0.4, 0.5) is 0 Å². The molecule has 0 saturated heterocycles.